The zero-order valence-electron chi connectivity index (χ0n) is 8.42. The monoisotopic (exact) mass is 231 g/mol. The maximum Gasteiger partial charge on any atom is 0.263 e. The van der Waals surface area contributed by atoms with Crippen LogP contribution < -0.4 is 0 Å². The summed E-state index contributed by atoms with van der Waals surface area (Å²) in [6, 6.07) is 3.53. The topological polar surface area (TPSA) is 20.3 Å². The summed E-state index contributed by atoms with van der Waals surface area (Å²) in [5.74, 6) is 0.0651. The summed E-state index contributed by atoms with van der Waals surface area (Å²) < 4.78 is 0.664. The number of carbonyl (C=O) groups is 1. The molecule has 0 saturated carbocycles. The number of unbranched alkanes of at least 4 members (excludes halogenated alkanes) is 1. The number of hydrogen-bond donors (Lipinski definition) is 0. The zero-order chi connectivity index (χ0) is 10.6. The number of carbonyl (C=O) groups excluding carboxylic acids is 1. The van der Waals surface area contributed by atoms with Crippen molar-refractivity contribution in [2.75, 3.05) is 13.6 Å². The second-order valence-electron chi connectivity index (χ2n) is 3.18. The Bertz CT molecular complexity index is 311. The molecule has 0 radical (unpaired) electrons. The first-order chi connectivity index (χ1) is 6.65. The standard InChI is InChI=1S/C10H14ClNOS/c1-3-4-7-12(2)10(13)8-5-6-9(11)14-8/h5-6H,3-4,7H2,1-2H3. The van der Waals surface area contributed by atoms with Crippen molar-refractivity contribution in [3.05, 3.63) is 21.3 Å². The maximum atomic E-state index is 11.7. The Labute approximate surface area is 93.5 Å². The molecular weight excluding hydrogens is 218 g/mol. The van der Waals surface area contributed by atoms with E-state index in [2.05, 4.69) is 6.92 Å². The van der Waals surface area contributed by atoms with Gasteiger partial charge in [-0.05, 0) is 18.6 Å². The van der Waals surface area contributed by atoms with E-state index in [4.69, 9.17) is 11.6 Å². The van der Waals surface area contributed by atoms with Crippen LogP contribution >= 0.6 is 22.9 Å². The van der Waals surface area contributed by atoms with Crippen LogP contribution in [0.25, 0.3) is 0 Å². The van der Waals surface area contributed by atoms with Crippen LogP contribution in [0.1, 0.15) is 29.4 Å². The van der Waals surface area contributed by atoms with Crippen LogP contribution in [-0.2, 0) is 0 Å². The second-order valence-corrected chi connectivity index (χ2v) is 4.90. The Morgan fingerprint density at radius 2 is 2.29 bits per heavy atom. The fourth-order valence-electron chi connectivity index (χ4n) is 1.11. The van der Waals surface area contributed by atoms with Crippen molar-refractivity contribution >= 4 is 28.8 Å². The minimum Gasteiger partial charge on any atom is -0.341 e. The van der Waals surface area contributed by atoms with Gasteiger partial charge >= 0.3 is 0 Å². The van der Waals surface area contributed by atoms with Crippen LogP contribution in [0.2, 0.25) is 4.34 Å². The minimum atomic E-state index is 0.0651. The van der Waals surface area contributed by atoms with Crippen LogP contribution in [0.15, 0.2) is 12.1 Å². The van der Waals surface area contributed by atoms with E-state index in [1.165, 1.54) is 11.3 Å². The summed E-state index contributed by atoms with van der Waals surface area (Å²) in [6.07, 6.45) is 2.14. The Morgan fingerprint density at radius 1 is 1.57 bits per heavy atom. The van der Waals surface area contributed by atoms with Gasteiger partial charge in [0.15, 0.2) is 0 Å². The van der Waals surface area contributed by atoms with Crippen molar-refractivity contribution < 1.29 is 4.79 Å². The molecule has 0 saturated heterocycles. The van der Waals surface area contributed by atoms with Gasteiger partial charge in [-0.3, -0.25) is 4.79 Å². The highest BCUT2D eigenvalue weighted by Gasteiger charge is 2.12. The van der Waals surface area contributed by atoms with Gasteiger partial charge in [0.25, 0.3) is 5.91 Å². The molecule has 0 atom stereocenters. The molecule has 1 aromatic heterocycles. The normalized spacial score (nSPS) is 10.2. The predicted molar refractivity (Wildman–Crippen MR) is 61.2 cm³/mol. The molecule has 1 rings (SSSR count). The smallest absolute Gasteiger partial charge is 0.263 e. The van der Waals surface area contributed by atoms with Crippen LogP contribution in [0.3, 0.4) is 0 Å². The second kappa shape index (κ2) is 5.37. The first-order valence-electron chi connectivity index (χ1n) is 4.66. The van der Waals surface area contributed by atoms with Crippen molar-refractivity contribution in [1.29, 1.82) is 0 Å². The molecular formula is C10H14ClNOS. The lowest BCUT2D eigenvalue weighted by molar-refractivity contribution is 0.0798. The first-order valence-corrected chi connectivity index (χ1v) is 5.85. The van der Waals surface area contributed by atoms with Crippen LogP contribution in [0.5, 0.6) is 0 Å². The van der Waals surface area contributed by atoms with Gasteiger partial charge in [-0.15, -0.1) is 11.3 Å². The summed E-state index contributed by atoms with van der Waals surface area (Å²) in [6.45, 7) is 2.92. The highest BCUT2D eigenvalue weighted by molar-refractivity contribution is 7.17. The molecule has 0 aliphatic carbocycles. The van der Waals surface area contributed by atoms with E-state index in [9.17, 15) is 4.79 Å². The third-order valence-electron chi connectivity index (χ3n) is 1.98. The van der Waals surface area contributed by atoms with Crippen molar-refractivity contribution in [3.63, 3.8) is 0 Å². The number of hydrogen-bond acceptors (Lipinski definition) is 2. The van der Waals surface area contributed by atoms with Crippen LogP contribution in [0, 0.1) is 0 Å². The summed E-state index contributed by atoms with van der Waals surface area (Å²) >= 11 is 7.09. The van der Waals surface area contributed by atoms with E-state index < -0.39 is 0 Å². The lowest BCUT2D eigenvalue weighted by Crippen LogP contribution is -2.26. The van der Waals surface area contributed by atoms with E-state index >= 15 is 0 Å². The quantitative estimate of drug-likeness (QED) is 0.779. The molecule has 0 unspecified atom stereocenters. The summed E-state index contributed by atoms with van der Waals surface area (Å²) in [4.78, 5) is 14.2. The molecule has 1 amide bonds. The Hall–Kier alpha value is -0.540. The Balaban J connectivity index is 2.56. The number of nitrogens with zero attached hydrogens (tertiary/aromatic N) is 1. The van der Waals surface area contributed by atoms with E-state index in [0.29, 0.717) is 9.21 Å². The van der Waals surface area contributed by atoms with E-state index in [1.54, 1.807) is 17.0 Å². The molecule has 2 nitrogen and oxygen atoms in total. The first kappa shape index (κ1) is 11.5. The molecule has 0 aliphatic heterocycles. The molecule has 1 heterocycles. The van der Waals surface area contributed by atoms with Gasteiger partial charge in [0.1, 0.15) is 0 Å². The zero-order valence-corrected chi connectivity index (χ0v) is 9.99. The van der Waals surface area contributed by atoms with Gasteiger partial charge in [-0.1, -0.05) is 24.9 Å². The predicted octanol–water partition coefficient (Wildman–Crippen LogP) is 3.27. The van der Waals surface area contributed by atoms with E-state index in [0.717, 1.165) is 19.4 Å². The third kappa shape index (κ3) is 3.00. The number of amides is 1. The molecule has 0 bridgehead atoms. The van der Waals surface area contributed by atoms with Gasteiger partial charge in [-0.25, -0.2) is 0 Å². The highest BCUT2D eigenvalue weighted by atomic mass is 35.5. The molecule has 4 heteroatoms. The molecule has 0 aromatic carbocycles. The van der Waals surface area contributed by atoms with Gasteiger partial charge in [0.2, 0.25) is 0 Å². The van der Waals surface area contributed by atoms with Crippen molar-refractivity contribution in [2.45, 2.75) is 19.8 Å². The highest BCUT2D eigenvalue weighted by Crippen LogP contribution is 2.22. The Morgan fingerprint density at radius 3 is 2.79 bits per heavy atom. The van der Waals surface area contributed by atoms with Crippen molar-refractivity contribution in [3.8, 4) is 0 Å². The van der Waals surface area contributed by atoms with Gasteiger partial charge in [0, 0.05) is 13.6 Å². The van der Waals surface area contributed by atoms with Crippen LogP contribution in [0.4, 0.5) is 0 Å². The lowest BCUT2D eigenvalue weighted by atomic mass is 10.3. The lowest BCUT2D eigenvalue weighted by Gasteiger charge is -2.15. The van der Waals surface area contributed by atoms with Crippen molar-refractivity contribution in [1.82, 2.24) is 4.90 Å². The van der Waals surface area contributed by atoms with Crippen LogP contribution in [-0.4, -0.2) is 24.4 Å². The molecule has 0 aliphatic rings. The molecule has 0 spiro atoms. The van der Waals surface area contributed by atoms with Gasteiger partial charge in [-0.2, -0.15) is 0 Å². The molecule has 14 heavy (non-hydrogen) atoms. The molecule has 1 aromatic rings. The molecule has 78 valence electrons. The molecule has 0 fully saturated rings. The third-order valence-corrected chi connectivity index (χ3v) is 3.20. The average molecular weight is 232 g/mol. The maximum absolute atomic E-state index is 11.7. The van der Waals surface area contributed by atoms with Crippen molar-refractivity contribution in [2.24, 2.45) is 0 Å². The average Bonchev–Trinajstić information content (AvgIpc) is 2.60. The summed E-state index contributed by atoms with van der Waals surface area (Å²) in [7, 11) is 1.83. The van der Waals surface area contributed by atoms with Gasteiger partial charge in [0.05, 0.1) is 9.21 Å². The fourth-order valence-corrected chi connectivity index (χ4v) is 2.15. The molecule has 0 N–H and O–H groups in total. The summed E-state index contributed by atoms with van der Waals surface area (Å²) in [5.41, 5.74) is 0. The summed E-state index contributed by atoms with van der Waals surface area (Å²) in [5, 5.41) is 0. The number of halogens is 1. The number of thiophene rings is 1. The fraction of sp³-hybridized carbons (Fsp3) is 0.500. The minimum absolute atomic E-state index is 0.0651. The largest absolute Gasteiger partial charge is 0.341 e. The SMILES string of the molecule is CCCCN(C)C(=O)c1ccc(Cl)s1. The van der Waals surface area contributed by atoms with E-state index in [1.807, 2.05) is 7.05 Å². The Kier molecular flexibility index (Phi) is 4.42. The van der Waals surface area contributed by atoms with E-state index in [-0.39, 0.29) is 5.91 Å². The van der Waals surface area contributed by atoms with Gasteiger partial charge < -0.3 is 4.90 Å². The number of rotatable bonds is 4.